The van der Waals surface area contributed by atoms with Crippen molar-refractivity contribution in [3.05, 3.63) is 82.4 Å². The van der Waals surface area contributed by atoms with Gasteiger partial charge in [-0.15, -0.1) is 11.3 Å². The number of pyridine rings is 1. The van der Waals surface area contributed by atoms with Gasteiger partial charge in [-0.1, -0.05) is 30.3 Å². The van der Waals surface area contributed by atoms with Crippen LogP contribution in [0.5, 0.6) is 0 Å². The normalized spacial score (nSPS) is 20.7. The van der Waals surface area contributed by atoms with Crippen LogP contribution in [0.15, 0.2) is 54.6 Å². The smallest absolute Gasteiger partial charge is 0.274 e. The number of para-hydroxylation sites is 1. The Hall–Kier alpha value is -3.65. The first kappa shape index (κ1) is 21.9. The molecule has 2 fully saturated rings. The molecule has 0 unspecified atom stereocenters. The summed E-state index contributed by atoms with van der Waals surface area (Å²) >= 11 is 1.39. The molecule has 2 N–H and O–H groups in total. The molecule has 6 nitrogen and oxygen atoms in total. The van der Waals surface area contributed by atoms with Crippen molar-refractivity contribution in [3.63, 3.8) is 0 Å². The van der Waals surface area contributed by atoms with Gasteiger partial charge in [-0.3, -0.25) is 9.59 Å². The summed E-state index contributed by atoms with van der Waals surface area (Å²) in [7, 11) is 0. The van der Waals surface area contributed by atoms with E-state index in [2.05, 4.69) is 9.97 Å². The first-order valence-corrected chi connectivity index (χ1v) is 12.4. The van der Waals surface area contributed by atoms with Crippen LogP contribution in [-0.2, 0) is 6.42 Å². The molecule has 0 spiro atoms. The highest BCUT2D eigenvalue weighted by Crippen LogP contribution is 2.49. The van der Waals surface area contributed by atoms with E-state index in [1.807, 2.05) is 42.2 Å². The van der Waals surface area contributed by atoms with Crippen molar-refractivity contribution in [1.82, 2.24) is 14.9 Å². The Balaban J connectivity index is 1.36. The fourth-order valence-electron chi connectivity index (χ4n) is 5.36. The third kappa shape index (κ3) is 3.87. The number of piperidine rings is 1. The average Bonchev–Trinajstić information content (AvgIpc) is 3.32. The Morgan fingerprint density at radius 3 is 2.71 bits per heavy atom. The first-order valence-electron chi connectivity index (χ1n) is 11.6. The number of primary amides is 1. The van der Waals surface area contributed by atoms with Crippen LogP contribution in [0.2, 0.25) is 0 Å². The third-order valence-corrected chi connectivity index (χ3v) is 7.98. The van der Waals surface area contributed by atoms with Crippen LogP contribution in [0, 0.1) is 18.7 Å². The second kappa shape index (κ2) is 8.23. The molecule has 6 rings (SSSR count). The minimum Gasteiger partial charge on any atom is -0.364 e. The average molecular weight is 487 g/mol. The van der Waals surface area contributed by atoms with Gasteiger partial charge >= 0.3 is 0 Å². The van der Waals surface area contributed by atoms with Gasteiger partial charge < -0.3 is 10.6 Å². The largest absolute Gasteiger partial charge is 0.364 e. The summed E-state index contributed by atoms with van der Waals surface area (Å²) in [6, 6.07) is 15.9. The van der Waals surface area contributed by atoms with E-state index in [1.165, 1.54) is 23.5 Å². The van der Waals surface area contributed by atoms with Gasteiger partial charge in [0.25, 0.3) is 11.8 Å². The number of halogens is 1. The number of carbonyl (C=O) groups is 2. The van der Waals surface area contributed by atoms with Gasteiger partial charge in [0, 0.05) is 17.5 Å². The lowest BCUT2D eigenvalue weighted by atomic mass is 9.98. The van der Waals surface area contributed by atoms with E-state index in [0.717, 1.165) is 28.8 Å². The Kier molecular flexibility index (Phi) is 5.14. The Bertz CT molecular complexity index is 1500. The molecule has 2 amide bonds. The molecule has 0 bridgehead atoms. The molecule has 2 aliphatic rings. The van der Waals surface area contributed by atoms with Crippen LogP contribution in [0.1, 0.15) is 44.4 Å². The lowest BCUT2D eigenvalue weighted by Gasteiger charge is -2.28. The van der Waals surface area contributed by atoms with Gasteiger partial charge in [-0.05, 0) is 67.5 Å². The monoisotopic (exact) mass is 486 g/mol. The number of aromatic nitrogens is 2. The molecule has 1 saturated heterocycles. The first-order chi connectivity index (χ1) is 16.9. The summed E-state index contributed by atoms with van der Waals surface area (Å²) in [5, 5.41) is 1.68. The number of amides is 2. The standard InChI is InChI=1S/C27H23FN4O2S/c1-14-30-24(25(35-14)16-6-4-7-19(28)10-16)27(34)32-20(11-17-13-22(17)32)12-18-9-15-5-2-3-8-21(15)31-23(18)26(29)33/h2-10,17,20,22H,11-13H2,1H3,(H2,29,33)/t17-,20+,22+/m1/s1. The van der Waals surface area contributed by atoms with Gasteiger partial charge in [0.15, 0.2) is 0 Å². The van der Waals surface area contributed by atoms with Crippen molar-refractivity contribution >= 4 is 34.1 Å². The summed E-state index contributed by atoms with van der Waals surface area (Å²) < 4.78 is 13.9. The van der Waals surface area contributed by atoms with E-state index in [9.17, 15) is 14.0 Å². The number of likely N-dealkylation sites (tertiary alicyclic amines) is 1. The summed E-state index contributed by atoms with van der Waals surface area (Å²) in [6.45, 7) is 1.85. The fraction of sp³-hybridized carbons (Fsp3) is 0.259. The Morgan fingerprint density at radius 1 is 1.09 bits per heavy atom. The molecule has 1 saturated carbocycles. The van der Waals surface area contributed by atoms with Crippen LogP contribution in [0.3, 0.4) is 0 Å². The van der Waals surface area contributed by atoms with Gasteiger partial charge in [0.05, 0.1) is 15.4 Å². The van der Waals surface area contributed by atoms with Gasteiger partial charge in [-0.2, -0.15) is 0 Å². The quantitative estimate of drug-likeness (QED) is 0.441. The molecule has 4 aromatic rings. The maximum absolute atomic E-state index is 13.9. The minimum absolute atomic E-state index is 0.0883. The summed E-state index contributed by atoms with van der Waals surface area (Å²) in [5.74, 6) is -0.615. The maximum atomic E-state index is 13.9. The van der Waals surface area contributed by atoms with E-state index in [4.69, 9.17) is 5.73 Å². The lowest BCUT2D eigenvalue weighted by molar-refractivity contribution is 0.0695. The Labute approximate surface area is 205 Å². The zero-order valence-corrected chi connectivity index (χ0v) is 19.9. The fourth-order valence-corrected chi connectivity index (χ4v) is 6.27. The van der Waals surface area contributed by atoms with Gasteiger partial charge in [-0.25, -0.2) is 14.4 Å². The Morgan fingerprint density at radius 2 is 1.91 bits per heavy atom. The number of aryl methyl sites for hydroxylation is 1. The summed E-state index contributed by atoms with van der Waals surface area (Å²) in [5.41, 5.74) is 8.41. The van der Waals surface area contributed by atoms with E-state index in [0.29, 0.717) is 34.0 Å². The molecule has 8 heteroatoms. The van der Waals surface area contributed by atoms with Crippen molar-refractivity contribution in [2.75, 3.05) is 0 Å². The zero-order chi connectivity index (χ0) is 24.3. The molecule has 176 valence electrons. The number of hydrogen-bond donors (Lipinski definition) is 1. The second-order valence-corrected chi connectivity index (χ2v) is 10.5. The predicted octanol–water partition coefficient (Wildman–Crippen LogP) is 4.75. The zero-order valence-electron chi connectivity index (χ0n) is 19.1. The van der Waals surface area contributed by atoms with Crippen molar-refractivity contribution < 1.29 is 14.0 Å². The highest BCUT2D eigenvalue weighted by Gasteiger charge is 2.54. The van der Waals surface area contributed by atoms with Crippen molar-refractivity contribution in [2.24, 2.45) is 11.7 Å². The number of benzene rings is 2. The number of nitrogens with zero attached hydrogens (tertiary/aromatic N) is 3. The molecule has 1 aliphatic carbocycles. The van der Waals surface area contributed by atoms with Crippen molar-refractivity contribution in [3.8, 4) is 10.4 Å². The molecule has 3 atom stereocenters. The van der Waals surface area contributed by atoms with E-state index in [-0.39, 0.29) is 29.5 Å². The lowest BCUT2D eigenvalue weighted by Crippen LogP contribution is -2.40. The molecule has 2 aromatic carbocycles. The van der Waals surface area contributed by atoms with Crippen LogP contribution in [0.25, 0.3) is 21.3 Å². The molecule has 0 radical (unpaired) electrons. The number of rotatable bonds is 5. The maximum Gasteiger partial charge on any atom is 0.274 e. The van der Waals surface area contributed by atoms with Crippen molar-refractivity contribution in [2.45, 2.75) is 38.3 Å². The number of thiazole rings is 1. The number of carbonyl (C=O) groups excluding carboxylic acids is 2. The van der Waals surface area contributed by atoms with E-state index in [1.54, 1.807) is 12.1 Å². The SMILES string of the molecule is Cc1nc(C(=O)N2[C@H](Cc3cc4ccccc4nc3C(N)=O)C[C@@H]3C[C@@H]32)c(-c2cccc(F)c2)s1. The highest BCUT2D eigenvalue weighted by atomic mass is 32.1. The third-order valence-electron chi connectivity index (χ3n) is 6.96. The summed E-state index contributed by atoms with van der Waals surface area (Å²) in [6.07, 6.45) is 2.33. The van der Waals surface area contributed by atoms with Crippen LogP contribution in [0.4, 0.5) is 4.39 Å². The van der Waals surface area contributed by atoms with Crippen LogP contribution < -0.4 is 5.73 Å². The summed E-state index contributed by atoms with van der Waals surface area (Å²) in [4.78, 5) is 37.8. The molecular weight excluding hydrogens is 463 g/mol. The van der Waals surface area contributed by atoms with Gasteiger partial charge in [0.2, 0.25) is 0 Å². The van der Waals surface area contributed by atoms with Crippen LogP contribution in [-0.4, -0.2) is 38.8 Å². The van der Waals surface area contributed by atoms with Gasteiger partial charge in [0.1, 0.15) is 17.2 Å². The molecule has 35 heavy (non-hydrogen) atoms. The van der Waals surface area contributed by atoms with E-state index < -0.39 is 5.91 Å². The molecule has 1 aliphatic heterocycles. The van der Waals surface area contributed by atoms with E-state index >= 15 is 0 Å². The molecular formula is C27H23FN4O2S. The number of hydrogen-bond acceptors (Lipinski definition) is 5. The van der Waals surface area contributed by atoms with Crippen LogP contribution >= 0.6 is 11.3 Å². The minimum atomic E-state index is -0.574. The van der Waals surface area contributed by atoms with Crippen molar-refractivity contribution in [1.29, 1.82) is 0 Å². The highest BCUT2D eigenvalue weighted by molar-refractivity contribution is 7.15. The number of nitrogens with two attached hydrogens (primary N) is 1. The molecule has 2 aromatic heterocycles. The molecule has 3 heterocycles. The second-order valence-electron chi connectivity index (χ2n) is 9.34. The topological polar surface area (TPSA) is 89.2 Å². The number of fused-ring (bicyclic) bond motifs is 2. The predicted molar refractivity (Wildman–Crippen MR) is 133 cm³/mol.